The zero-order valence-electron chi connectivity index (χ0n) is 18.7. The Morgan fingerprint density at radius 2 is 1.51 bits per heavy atom. The summed E-state index contributed by atoms with van der Waals surface area (Å²) in [7, 11) is 0. The van der Waals surface area contributed by atoms with Gasteiger partial charge in [0.2, 0.25) is 0 Å². The molecule has 35 heavy (non-hydrogen) atoms. The Hall–Kier alpha value is -5.15. The first kappa shape index (κ1) is 21.7. The highest BCUT2D eigenvalue weighted by molar-refractivity contribution is 6.05. The first-order chi connectivity index (χ1) is 17.2. The predicted octanol–water partition coefficient (Wildman–Crippen LogP) is 6.35. The standard InChI is InChI=1S/C29H21N5O/c1-2-20-9-10-27-26(17-20)28(13-16-31-27)33-23-6-3-5-21(18-23)29(35)34-25-8-4-7-24(19-25)32-22-11-14-30-15-12-22/h1,3-19H,(H,30,32)(H,31,33)(H,34,35). The van der Waals surface area contributed by atoms with Crippen molar-refractivity contribution in [1.82, 2.24) is 9.97 Å². The summed E-state index contributed by atoms with van der Waals surface area (Å²) in [6.45, 7) is 0. The highest BCUT2D eigenvalue weighted by atomic mass is 16.1. The molecule has 3 N–H and O–H groups in total. The number of anilines is 5. The minimum atomic E-state index is -0.205. The number of nitrogens with one attached hydrogen (secondary N) is 3. The topological polar surface area (TPSA) is 78.9 Å². The number of terminal acetylenes is 1. The second-order valence-corrected chi connectivity index (χ2v) is 7.84. The average Bonchev–Trinajstić information content (AvgIpc) is 2.89. The van der Waals surface area contributed by atoms with Crippen LogP contribution in [0.2, 0.25) is 0 Å². The van der Waals surface area contributed by atoms with Gasteiger partial charge in [-0.2, -0.15) is 0 Å². The number of aromatic nitrogens is 2. The molecule has 5 rings (SSSR count). The number of hydrogen-bond donors (Lipinski definition) is 3. The Kier molecular flexibility index (Phi) is 6.05. The molecule has 3 aromatic carbocycles. The van der Waals surface area contributed by atoms with Crippen molar-refractivity contribution in [2.75, 3.05) is 16.0 Å². The average molecular weight is 456 g/mol. The highest BCUT2D eigenvalue weighted by Crippen LogP contribution is 2.27. The van der Waals surface area contributed by atoms with Crippen molar-refractivity contribution in [3.63, 3.8) is 0 Å². The summed E-state index contributed by atoms with van der Waals surface area (Å²) in [5.74, 6) is 2.45. The van der Waals surface area contributed by atoms with Crippen LogP contribution >= 0.6 is 0 Å². The van der Waals surface area contributed by atoms with Crippen molar-refractivity contribution in [2.24, 2.45) is 0 Å². The normalized spacial score (nSPS) is 10.4. The third-order valence-corrected chi connectivity index (χ3v) is 5.40. The van der Waals surface area contributed by atoms with Gasteiger partial charge in [-0.05, 0) is 72.8 Å². The van der Waals surface area contributed by atoms with E-state index in [2.05, 4.69) is 31.8 Å². The number of benzene rings is 3. The van der Waals surface area contributed by atoms with E-state index in [0.717, 1.165) is 39.2 Å². The van der Waals surface area contributed by atoms with Crippen LogP contribution in [-0.4, -0.2) is 15.9 Å². The molecule has 0 saturated carbocycles. The third kappa shape index (κ3) is 5.10. The van der Waals surface area contributed by atoms with E-state index in [9.17, 15) is 4.79 Å². The van der Waals surface area contributed by atoms with Gasteiger partial charge in [-0.3, -0.25) is 14.8 Å². The van der Waals surface area contributed by atoms with Crippen LogP contribution in [0.4, 0.5) is 28.4 Å². The van der Waals surface area contributed by atoms with E-state index in [1.54, 1.807) is 24.7 Å². The molecule has 0 fully saturated rings. The molecule has 0 aliphatic heterocycles. The molecular formula is C29H21N5O. The van der Waals surface area contributed by atoms with Crippen LogP contribution < -0.4 is 16.0 Å². The van der Waals surface area contributed by atoms with Crippen LogP contribution in [0.5, 0.6) is 0 Å². The number of fused-ring (bicyclic) bond motifs is 1. The second kappa shape index (κ2) is 9.77. The molecule has 168 valence electrons. The molecule has 0 aliphatic rings. The first-order valence-corrected chi connectivity index (χ1v) is 11.0. The van der Waals surface area contributed by atoms with Gasteiger partial charge in [-0.15, -0.1) is 6.42 Å². The van der Waals surface area contributed by atoms with Crippen LogP contribution in [0.25, 0.3) is 10.9 Å². The van der Waals surface area contributed by atoms with E-state index in [4.69, 9.17) is 6.42 Å². The Balaban J connectivity index is 1.33. The Labute approximate surface area is 203 Å². The molecule has 1 amide bonds. The third-order valence-electron chi connectivity index (χ3n) is 5.40. The lowest BCUT2D eigenvalue weighted by atomic mass is 10.1. The van der Waals surface area contributed by atoms with Gasteiger partial charge in [0.25, 0.3) is 5.91 Å². The number of rotatable bonds is 6. The van der Waals surface area contributed by atoms with Gasteiger partial charge in [-0.1, -0.05) is 18.1 Å². The molecular weight excluding hydrogens is 434 g/mol. The summed E-state index contributed by atoms with van der Waals surface area (Å²) in [6, 6.07) is 26.2. The van der Waals surface area contributed by atoms with Crippen molar-refractivity contribution in [3.8, 4) is 12.3 Å². The SMILES string of the molecule is C#Cc1ccc2nccc(Nc3cccc(C(=O)Nc4cccc(Nc5ccncc5)c4)c3)c2c1. The van der Waals surface area contributed by atoms with Crippen molar-refractivity contribution < 1.29 is 4.79 Å². The lowest BCUT2D eigenvalue weighted by Crippen LogP contribution is -2.12. The molecule has 0 saturated heterocycles. The molecule has 0 aliphatic carbocycles. The van der Waals surface area contributed by atoms with Gasteiger partial charge in [0.15, 0.2) is 0 Å². The lowest BCUT2D eigenvalue weighted by molar-refractivity contribution is 0.102. The van der Waals surface area contributed by atoms with E-state index >= 15 is 0 Å². The zero-order valence-corrected chi connectivity index (χ0v) is 18.7. The fourth-order valence-corrected chi connectivity index (χ4v) is 3.72. The summed E-state index contributed by atoms with van der Waals surface area (Å²) in [5.41, 5.74) is 6.26. The van der Waals surface area contributed by atoms with E-state index in [1.807, 2.05) is 78.9 Å². The van der Waals surface area contributed by atoms with Gasteiger partial charge < -0.3 is 16.0 Å². The highest BCUT2D eigenvalue weighted by Gasteiger charge is 2.09. The maximum absolute atomic E-state index is 13.0. The number of hydrogen-bond acceptors (Lipinski definition) is 5. The fourth-order valence-electron chi connectivity index (χ4n) is 3.72. The van der Waals surface area contributed by atoms with Crippen molar-refractivity contribution >= 4 is 45.2 Å². The van der Waals surface area contributed by atoms with Crippen LogP contribution in [0.1, 0.15) is 15.9 Å². The van der Waals surface area contributed by atoms with Crippen LogP contribution in [0, 0.1) is 12.3 Å². The Morgan fingerprint density at radius 1 is 0.743 bits per heavy atom. The fraction of sp³-hybridized carbons (Fsp3) is 0. The maximum atomic E-state index is 13.0. The van der Waals surface area contributed by atoms with E-state index in [1.165, 1.54) is 0 Å². The molecule has 6 nitrogen and oxygen atoms in total. The number of carbonyl (C=O) groups excluding carboxylic acids is 1. The summed E-state index contributed by atoms with van der Waals surface area (Å²) in [6.07, 6.45) is 10.7. The summed E-state index contributed by atoms with van der Waals surface area (Å²) in [5, 5.41) is 10.6. The number of carbonyl (C=O) groups is 1. The number of amides is 1. The minimum Gasteiger partial charge on any atom is -0.355 e. The zero-order chi connectivity index (χ0) is 24.0. The Bertz CT molecular complexity index is 1560. The Morgan fingerprint density at radius 3 is 2.34 bits per heavy atom. The van der Waals surface area contributed by atoms with E-state index < -0.39 is 0 Å². The number of pyridine rings is 2. The molecule has 0 spiro atoms. The summed E-state index contributed by atoms with van der Waals surface area (Å²) in [4.78, 5) is 21.4. The molecule has 2 aromatic heterocycles. The number of nitrogens with zero attached hydrogens (tertiary/aromatic N) is 2. The molecule has 0 bridgehead atoms. The molecule has 0 radical (unpaired) electrons. The minimum absolute atomic E-state index is 0.205. The van der Waals surface area contributed by atoms with Crippen LogP contribution in [-0.2, 0) is 0 Å². The van der Waals surface area contributed by atoms with Gasteiger partial charge >= 0.3 is 0 Å². The molecule has 6 heteroatoms. The molecule has 0 atom stereocenters. The monoisotopic (exact) mass is 455 g/mol. The van der Waals surface area contributed by atoms with Crippen LogP contribution in [0.15, 0.2) is 104 Å². The smallest absolute Gasteiger partial charge is 0.255 e. The molecule has 5 aromatic rings. The van der Waals surface area contributed by atoms with E-state index in [-0.39, 0.29) is 5.91 Å². The van der Waals surface area contributed by atoms with Crippen molar-refractivity contribution in [1.29, 1.82) is 0 Å². The molecule has 2 heterocycles. The van der Waals surface area contributed by atoms with Crippen molar-refractivity contribution in [3.05, 3.63) is 115 Å². The quantitative estimate of drug-likeness (QED) is 0.260. The summed E-state index contributed by atoms with van der Waals surface area (Å²) >= 11 is 0. The second-order valence-electron chi connectivity index (χ2n) is 7.84. The van der Waals surface area contributed by atoms with Gasteiger partial charge in [0, 0.05) is 63.5 Å². The first-order valence-electron chi connectivity index (χ1n) is 11.0. The van der Waals surface area contributed by atoms with E-state index in [0.29, 0.717) is 11.3 Å². The largest absolute Gasteiger partial charge is 0.355 e. The van der Waals surface area contributed by atoms with Crippen molar-refractivity contribution in [2.45, 2.75) is 0 Å². The summed E-state index contributed by atoms with van der Waals surface area (Å²) < 4.78 is 0. The van der Waals surface area contributed by atoms with Gasteiger partial charge in [0.1, 0.15) is 0 Å². The lowest BCUT2D eigenvalue weighted by Gasteiger charge is -2.12. The van der Waals surface area contributed by atoms with Gasteiger partial charge in [0.05, 0.1) is 5.52 Å². The molecule has 0 unspecified atom stereocenters. The van der Waals surface area contributed by atoms with Gasteiger partial charge in [-0.25, -0.2) is 0 Å². The predicted molar refractivity (Wildman–Crippen MR) is 141 cm³/mol. The van der Waals surface area contributed by atoms with Crippen LogP contribution in [0.3, 0.4) is 0 Å². The maximum Gasteiger partial charge on any atom is 0.255 e.